The molecule has 0 bridgehead atoms. The lowest BCUT2D eigenvalue weighted by Gasteiger charge is -2.11. The Bertz CT molecular complexity index is 444. The van der Waals surface area contributed by atoms with E-state index < -0.39 is 24.6 Å². The minimum atomic E-state index is -1.14. The molecular weight excluding hydrogens is 281 g/mol. The zero-order chi connectivity index (χ0) is 13.7. The van der Waals surface area contributed by atoms with Gasteiger partial charge in [0.2, 0.25) is 5.91 Å². The molecule has 0 aliphatic heterocycles. The zero-order valence-electron chi connectivity index (χ0n) is 9.44. The van der Waals surface area contributed by atoms with Crippen molar-refractivity contribution in [3.05, 3.63) is 28.2 Å². The van der Waals surface area contributed by atoms with E-state index in [9.17, 15) is 9.59 Å². The first-order valence-corrected chi connectivity index (χ1v) is 5.75. The van der Waals surface area contributed by atoms with Gasteiger partial charge in [0.15, 0.2) is 6.10 Å². The summed E-state index contributed by atoms with van der Waals surface area (Å²) in [5.74, 6) is -1.67. The van der Waals surface area contributed by atoms with Crippen molar-refractivity contribution in [2.45, 2.75) is 13.0 Å². The summed E-state index contributed by atoms with van der Waals surface area (Å²) >= 11 is 11.7. The van der Waals surface area contributed by atoms with Crippen LogP contribution in [-0.2, 0) is 14.3 Å². The SMILES string of the molecule is C[C@H](OCC(=O)Nc1c(Cl)cccc1Cl)C(=O)O. The van der Waals surface area contributed by atoms with E-state index in [1.807, 2.05) is 0 Å². The minimum Gasteiger partial charge on any atom is -0.479 e. The third kappa shape index (κ3) is 4.18. The standard InChI is InChI=1S/C11H11Cl2NO4/c1-6(11(16)17)18-5-9(15)14-10-7(12)3-2-4-8(10)13/h2-4,6H,5H2,1H3,(H,14,15)(H,16,17)/t6-/m0/s1. The lowest BCUT2D eigenvalue weighted by atomic mass is 10.3. The summed E-state index contributed by atoms with van der Waals surface area (Å²) in [5, 5.41) is 11.6. The number of hydrogen-bond donors (Lipinski definition) is 2. The Morgan fingerprint density at radius 2 is 1.94 bits per heavy atom. The average molecular weight is 292 g/mol. The Morgan fingerprint density at radius 1 is 1.39 bits per heavy atom. The van der Waals surface area contributed by atoms with Gasteiger partial charge in [-0.05, 0) is 19.1 Å². The molecular formula is C11H11Cl2NO4. The van der Waals surface area contributed by atoms with E-state index in [1.54, 1.807) is 18.2 Å². The zero-order valence-corrected chi connectivity index (χ0v) is 11.0. The van der Waals surface area contributed by atoms with Gasteiger partial charge in [0.05, 0.1) is 15.7 Å². The third-order valence-corrected chi connectivity index (χ3v) is 2.67. The van der Waals surface area contributed by atoms with Crippen molar-refractivity contribution in [3.8, 4) is 0 Å². The molecule has 7 heteroatoms. The van der Waals surface area contributed by atoms with Gasteiger partial charge < -0.3 is 15.2 Å². The molecule has 0 unspecified atom stereocenters. The summed E-state index contributed by atoms with van der Waals surface area (Å²) in [6, 6.07) is 4.79. The lowest BCUT2D eigenvalue weighted by Crippen LogP contribution is -2.26. The van der Waals surface area contributed by atoms with Gasteiger partial charge in [-0.15, -0.1) is 0 Å². The Hall–Kier alpha value is -1.30. The number of halogens is 2. The van der Waals surface area contributed by atoms with Crippen LogP contribution in [0.15, 0.2) is 18.2 Å². The van der Waals surface area contributed by atoms with E-state index in [4.69, 9.17) is 33.0 Å². The fraction of sp³-hybridized carbons (Fsp3) is 0.273. The van der Waals surface area contributed by atoms with Crippen LogP contribution in [-0.4, -0.2) is 29.7 Å². The van der Waals surface area contributed by atoms with Crippen LogP contribution < -0.4 is 5.32 Å². The topological polar surface area (TPSA) is 75.6 Å². The van der Waals surface area contributed by atoms with Crippen LogP contribution in [0.4, 0.5) is 5.69 Å². The molecule has 0 saturated carbocycles. The molecule has 0 heterocycles. The maximum Gasteiger partial charge on any atom is 0.332 e. The number of anilines is 1. The number of amides is 1. The fourth-order valence-corrected chi connectivity index (χ4v) is 1.56. The predicted octanol–water partition coefficient (Wildman–Crippen LogP) is 2.42. The van der Waals surface area contributed by atoms with Crippen molar-refractivity contribution < 1.29 is 19.4 Å². The summed E-state index contributed by atoms with van der Waals surface area (Å²) in [5.41, 5.74) is 0.275. The Kier molecular flexibility index (Phi) is 5.40. The van der Waals surface area contributed by atoms with Crippen molar-refractivity contribution in [1.82, 2.24) is 0 Å². The van der Waals surface area contributed by atoms with Gasteiger partial charge in [-0.1, -0.05) is 29.3 Å². The molecule has 1 amide bonds. The van der Waals surface area contributed by atoms with Crippen molar-refractivity contribution in [3.63, 3.8) is 0 Å². The first-order chi connectivity index (χ1) is 8.41. The molecule has 1 rings (SSSR count). The van der Waals surface area contributed by atoms with Crippen molar-refractivity contribution in [2.75, 3.05) is 11.9 Å². The van der Waals surface area contributed by atoms with Gasteiger partial charge in [0, 0.05) is 0 Å². The highest BCUT2D eigenvalue weighted by Gasteiger charge is 2.14. The summed E-state index contributed by atoms with van der Waals surface area (Å²) in [6.07, 6.45) is -1.06. The smallest absolute Gasteiger partial charge is 0.332 e. The number of ether oxygens (including phenoxy) is 1. The van der Waals surface area contributed by atoms with Crippen molar-refractivity contribution in [1.29, 1.82) is 0 Å². The summed E-state index contributed by atoms with van der Waals surface area (Å²) in [7, 11) is 0. The van der Waals surface area contributed by atoms with Crippen LogP contribution in [0.5, 0.6) is 0 Å². The van der Waals surface area contributed by atoms with Crippen molar-refractivity contribution >= 4 is 40.8 Å². The fourth-order valence-electron chi connectivity index (χ4n) is 1.06. The summed E-state index contributed by atoms with van der Waals surface area (Å²) in [6.45, 7) is 0.938. The Balaban J connectivity index is 2.58. The number of benzene rings is 1. The average Bonchev–Trinajstić information content (AvgIpc) is 2.30. The number of rotatable bonds is 5. The van der Waals surface area contributed by atoms with Gasteiger partial charge in [-0.25, -0.2) is 4.79 Å². The molecule has 1 aromatic rings. The highest BCUT2D eigenvalue weighted by Crippen LogP contribution is 2.29. The van der Waals surface area contributed by atoms with Gasteiger partial charge in [-0.3, -0.25) is 4.79 Å². The Morgan fingerprint density at radius 3 is 2.44 bits per heavy atom. The van der Waals surface area contributed by atoms with Crippen molar-refractivity contribution in [2.24, 2.45) is 0 Å². The molecule has 0 aliphatic rings. The monoisotopic (exact) mass is 291 g/mol. The molecule has 0 aliphatic carbocycles. The van der Waals surface area contributed by atoms with Crippen LogP contribution in [0.1, 0.15) is 6.92 Å². The van der Waals surface area contributed by atoms with Crippen LogP contribution in [0.2, 0.25) is 10.0 Å². The van der Waals surface area contributed by atoms with Gasteiger partial charge >= 0.3 is 5.97 Å². The second-order valence-corrected chi connectivity index (χ2v) is 4.25. The molecule has 0 fully saturated rings. The second kappa shape index (κ2) is 6.58. The van der Waals surface area contributed by atoms with Gasteiger partial charge in [-0.2, -0.15) is 0 Å². The van der Waals surface area contributed by atoms with E-state index in [0.29, 0.717) is 10.0 Å². The normalized spacial score (nSPS) is 11.9. The van der Waals surface area contributed by atoms with Gasteiger partial charge in [0.25, 0.3) is 0 Å². The highest BCUT2D eigenvalue weighted by atomic mass is 35.5. The molecule has 1 atom stereocenters. The predicted molar refractivity (Wildman–Crippen MR) is 68.1 cm³/mol. The van der Waals surface area contributed by atoms with E-state index >= 15 is 0 Å². The quantitative estimate of drug-likeness (QED) is 0.874. The molecule has 5 nitrogen and oxygen atoms in total. The maximum absolute atomic E-state index is 11.5. The molecule has 1 aromatic carbocycles. The van der Waals surface area contributed by atoms with E-state index in [2.05, 4.69) is 5.32 Å². The van der Waals surface area contributed by atoms with E-state index in [0.717, 1.165) is 0 Å². The van der Waals surface area contributed by atoms with Crippen LogP contribution in [0.25, 0.3) is 0 Å². The summed E-state index contributed by atoms with van der Waals surface area (Å²) in [4.78, 5) is 22.0. The number of carbonyl (C=O) groups is 2. The summed E-state index contributed by atoms with van der Waals surface area (Å²) < 4.78 is 4.82. The number of carboxylic acid groups (broad SMARTS) is 1. The van der Waals surface area contributed by atoms with Crippen LogP contribution >= 0.6 is 23.2 Å². The molecule has 0 saturated heterocycles. The first-order valence-electron chi connectivity index (χ1n) is 5.00. The van der Waals surface area contributed by atoms with Gasteiger partial charge in [0.1, 0.15) is 6.61 Å². The first kappa shape index (κ1) is 14.8. The largest absolute Gasteiger partial charge is 0.479 e. The van der Waals surface area contributed by atoms with E-state index in [-0.39, 0.29) is 5.69 Å². The number of hydrogen-bond acceptors (Lipinski definition) is 3. The number of nitrogens with one attached hydrogen (secondary N) is 1. The number of para-hydroxylation sites is 1. The third-order valence-electron chi connectivity index (χ3n) is 2.04. The van der Waals surface area contributed by atoms with Crippen LogP contribution in [0, 0.1) is 0 Å². The van der Waals surface area contributed by atoms with E-state index in [1.165, 1.54) is 6.92 Å². The lowest BCUT2D eigenvalue weighted by molar-refractivity contribution is -0.150. The maximum atomic E-state index is 11.5. The number of carboxylic acids is 1. The molecule has 18 heavy (non-hydrogen) atoms. The molecule has 0 aromatic heterocycles. The number of carbonyl (C=O) groups excluding carboxylic acids is 1. The molecule has 98 valence electrons. The minimum absolute atomic E-state index is 0.275. The Labute approximate surface area is 114 Å². The molecule has 2 N–H and O–H groups in total. The van der Waals surface area contributed by atoms with Crippen LogP contribution in [0.3, 0.4) is 0 Å². The molecule has 0 spiro atoms. The molecule has 0 radical (unpaired) electrons. The highest BCUT2D eigenvalue weighted by molar-refractivity contribution is 6.39. The second-order valence-electron chi connectivity index (χ2n) is 3.44. The number of aliphatic carboxylic acids is 1.